The Morgan fingerprint density at radius 3 is 2.68 bits per heavy atom. The molecule has 4 heteroatoms. The Morgan fingerprint density at radius 2 is 2.05 bits per heavy atom. The molecule has 0 spiro atoms. The summed E-state index contributed by atoms with van der Waals surface area (Å²) in [5.41, 5.74) is 3.97. The Kier molecular flexibility index (Phi) is 4.00. The van der Waals surface area contributed by atoms with E-state index in [4.69, 9.17) is 0 Å². The maximum Gasteiger partial charge on any atom is 0.271 e. The normalized spacial score (nSPS) is 10.5. The lowest BCUT2D eigenvalue weighted by Gasteiger charge is -2.06. The van der Waals surface area contributed by atoms with Crippen LogP contribution >= 0.6 is 0 Å². The molecule has 0 saturated carbocycles. The van der Waals surface area contributed by atoms with Crippen molar-refractivity contribution in [3.63, 3.8) is 0 Å². The molecule has 0 saturated heterocycles. The summed E-state index contributed by atoms with van der Waals surface area (Å²) in [7, 11) is 1.83. The van der Waals surface area contributed by atoms with Gasteiger partial charge < -0.3 is 5.32 Å². The monoisotopic (exact) mass is 257 g/mol. The van der Waals surface area contributed by atoms with Gasteiger partial charge in [-0.3, -0.25) is 9.48 Å². The third kappa shape index (κ3) is 3.22. The van der Waals surface area contributed by atoms with Crippen LogP contribution < -0.4 is 5.32 Å². The Hall–Kier alpha value is -2.10. The average Bonchev–Trinajstić information content (AvgIpc) is 2.72. The van der Waals surface area contributed by atoms with Crippen molar-refractivity contribution in [2.75, 3.05) is 6.54 Å². The molecule has 0 fully saturated rings. The summed E-state index contributed by atoms with van der Waals surface area (Å²) in [5.74, 6) is -0.114. The molecule has 1 aromatic carbocycles. The number of hydrogen-bond acceptors (Lipinski definition) is 2. The predicted octanol–water partition coefficient (Wildman–Crippen LogP) is 2.01. The van der Waals surface area contributed by atoms with Crippen LogP contribution in [0.4, 0.5) is 0 Å². The summed E-state index contributed by atoms with van der Waals surface area (Å²) in [6.45, 7) is 4.63. The van der Waals surface area contributed by atoms with Crippen LogP contribution in [0.1, 0.15) is 27.3 Å². The molecule has 4 nitrogen and oxygen atoms in total. The Morgan fingerprint density at radius 1 is 1.32 bits per heavy atom. The minimum Gasteiger partial charge on any atom is -0.350 e. The standard InChI is InChI=1S/C15H19N3O/c1-11-6-4-5-7-13(11)8-9-16-15(19)14-10-12(2)18(3)17-14/h4-7,10H,8-9H2,1-3H3,(H,16,19). The first-order valence-electron chi connectivity index (χ1n) is 6.41. The van der Waals surface area contributed by atoms with E-state index in [1.807, 2.05) is 26.1 Å². The van der Waals surface area contributed by atoms with Crippen LogP contribution in [-0.4, -0.2) is 22.2 Å². The molecular formula is C15H19N3O. The van der Waals surface area contributed by atoms with Crippen LogP contribution in [0.5, 0.6) is 0 Å². The van der Waals surface area contributed by atoms with Crippen LogP contribution in [0.25, 0.3) is 0 Å². The highest BCUT2D eigenvalue weighted by atomic mass is 16.1. The van der Waals surface area contributed by atoms with Gasteiger partial charge in [-0.05, 0) is 37.5 Å². The van der Waals surface area contributed by atoms with E-state index >= 15 is 0 Å². The van der Waals surface area contributed by atoms with Gasteiger partial charge in [0.05, 0.1) is 0 Å². The zero-order chi connectivity index (χ0) is 13.8. The Bertz CT molecular complexity index is 567. The highest BCUT2D eigenvalue weighted by Crippen LogP contribution is 2.07. The number of nitrogens with zero attached hydrogens (tertiary/aromatic N) is 2. The van der Waals surface area contributed by atoms with Gasteiger partial charge in [-0.15, -0.1) is 0 Å². The minimum absolute atomic E-state index is 0.114. The third-order valence-corrected chi connectivity index (χ3v) is 3.29. The zero-order valence-electron chi connectivity index (χ0n) is 11.6. The summed E-state index contributed by atoms with van der Waals surface area (Å²) < 4.78 is 1.70. The molecule has 1 aromatic heterocycles. The molecule has 1 N–H and O–H groups in total. The van der Waals surface area contributed by atoms with Gasteiger partial charge >= 0.3 is 0 Å². The zero-order valence-corrected chi connectivity index (χ0v) is 11.6. The number of rotatable bonds is 4. The van der Waals surface area contributed by atoms with Crippen molar-refractivity contribution in [3.8, 4) is 0 Å². The van der Waals surface area contributed by atoms with E-state index in [-0.39, 0.29) is 5.91 Å². The topological polar surface area (TPSA) is 46.9 Å². The van der Waals surface area contributed by atoms with Crippen LogP contribution in [-0.2, 0) is 13.5 Å². The first kappa shape index (κ1) is 13.3. The number of aryl methyl sites for hydroxylation is 3. The van der Waals surface area contributed by atoms with Gasteiger partial charge in [0, 0.05) is 19.3 Å². The third-order valence-electron chi connectivity index (χ3n) is 3.29. The molecule has 2 aromatic rings. The van der Waals surface area contributed by atoms with Gasteiger partial charge in [0.15, 0.2) is 0 Å². The van der Waals surface area contributed by atoms with E-state index in [0.29, 0.717) is 12.2 Å². The van der Waals surface area contributed by atoms with Crippen molar-refractivity contribution in [1.82, 2.24) is 15.1 Å². The summed E-state index contributed by atoms with van der Waals surface area (Å²) in [6.07, 6.45) is 0.838. The molecule has 0 atom stereocenters. The second-order valence-corrected chi connectivity index (χ2v) is 4.73. The van der Waals surface area contributed by atoms with Gasteiger partial charge in [0.2, 0.25) is 0 Å². The maximum absolute atomic E-state index is 11.9. The molecule has 0 aliphatic rings. The summed E-state index contributed by atoms with van der Waals surface area (Å²) in [6, 6.07) is 10.0. The van der Waals surface area contributed by atoms with E-state index in [1.165, 1.54) is 11.1 Å². The maximum atomic E-state index is 11.9. The summed E-state index contributed by atoms with van der Waals surface area (Å²) in [5, 5.41) is 7.06. The van der Waals surface area contributed by atoms with Crippen molar-refractivity contribution in [2.45, 2.75) is 20.3 Å². The molecule has 1 heterocycles. The summed E-state index contributed by atoms with van der Waals surface area (Å²) >= 11 is 0. The second-order valence-electron chi connectivity index (χ2n) is 4.73. The molecule has 100 valence electrons. The van der Waals surface area contributed by atoms with Crippen molar-refractivity contribution in [3.05, 3.63) is 52.8 Å². The van der Waals surface area contributed by atoms with Gasteiger partial charge in [0.25, 0.3) is 5.91 Å². The summed E-state index contributed by atoms with van der Waals surface area (Å²) in [4.78, 5) is 11.9. The van der Waals surface area contributed by atoms with E-state index in [1.54, 1.807) is 10.7 Å². The lowest BCUT2D eigenvalue weighted by molar-refractivity contribution is 0.0948. The Labute approximate surface area is 113 Å². The number of amides is 1. The smallest absolute Gasteiger partial charge is 0.271 e. The minimum atomic E-state index is -0.114. The number of carbonyl (C=O) groups excluding carboxylic acids is 1. The average molecular weight is 257 g/mol. The molecule has 0 aliphatic carbocycles. The molecule has 0 unspecified atom stereocenters. The highest BCUT2D eigenvalue weighted by Gasteiger charge is 2.10. The Balaban J connectivity index is 1.89. The predicted molar refractivity (Wildman–Crippen MR) is 75.2 cm³/mol. The SMILES string of the molecule is Cc1ccccc1CCNC(=O)c1cc(C)n(C)n1. The molecular weight excluding hydrogens is 238 g/mol. The largest absolute Gasteiger partial charge is 0.350 e. The molecule has 1 amide bonds. The fourth-order valence-electron chi connectivity index (χ4n) is 1.96. The van der Waals surface area contributed by atoms with E-state index in [2.05, 4.69) is 29.5 Å². The van der Waals surface area contributed by atoms with Gasteiger partial charge in [-0.25, -0.2) is 0 Å². The van der Waals surface area contributed by atoms with Crippen molar-refractivity contribution < 1.29 is 4.79 Å². The number of benzene rings is 1. The van der Waals surface area contributed by atoms with Crippen LogP contribution in [0, 0.1) is 13.8 Å². The van der Waals surface area contributed by atoms with E-state index in [0.717, 1.165) is 12.1 Å². The molecule has 19 heavy (non-hydrogen) atoms. The fraction of sp³-hybridized carbons (Fsp3) is 0.333. The lowest BCUT2D eigenvalue weighted by atomic mass is 10.1. The number of carbonyl (C=O) groups is 1. The highest BCUT2D eigenvalue weighted by molar-refractivity contribution is 5.92. The molecule has 2 rings (SSSR count). The van der Waals surface area contributed by atoms with Gasteiger partial charge in [-0.2, -0.15) is 5.10 Å². The molecule has 0 aliphatic heterocycles. The second kappa shape index (κ2) is 5.69. The lowest BCUT2D eigenvalue weighted by Crippen LogP contribution is -2.26. The quantitative estimate of drug-likeness (QED) is 0.910. The van der Waals surface area contributed by atoms with Gasteiger partial charge in [-0.1, -0.05) is 24.3 Å². The fourth-order valence-corrected chi connectivity index (χ4v) is 1.96. The van der Waals surface area contributed by atoms with Crippen LogP contribution in [0.3, 0.4) is 0 Å². The van der Waals surface area contributed by atoms with Crippen LogP contribution in [0.2, 0.25) is 0 Å². The number of aromatic nitrogens is 2. The van der Waals surface area contributed by atoms with Crippen molar-refractivity contribution in [2.24, 2.45) is 7.05 Å². The number of hydrogen-bond donors (Lipinski definition) is 1. The van der Waals surface area contributed by atoms with Crippen molar-refractivity contribution in [1.29, 1.82) is 0 Å². The molecule has 0 radical (unpaired) electrons. The van der Waals surface area contributed by atoms with E-state index < -0.39 is 0 Å². The number of nitrogens with one attached hydrogen (secondary N) is 1. The molecule has 0 bridgehead atoms. The van der Waals surface area contributed by atoms with Crippen molar-refractivity contribution >= 4 is 5.91 Å². The van der Waals surface area contributed by atoms with Gasteiger partial charge in [0.1, 0.15) is 5.69 Å². The van der Waals surface area contributed by atoms with Crippen LogP contribution in [0.15, 0.2) is 30.3 Å². The van der Waals surface area contributed by atoms with E-state index in [9.17, 15) is 4.79 Å². The first-order chi connectivity index (χ1) is 9.08. The first-order valence-corrected chi connectivity index (χ1v) is 6.41.